The van der Waals surface area contributed by atoms with Gasteiger partial charge in [0.1, 0.15) is 17.3 Å². The molecule has 0 spiro atoms. The van der Waals surface area contributed by atoms with Crippen molar-refractivity contribution in [2.24, 2.45) is 0 Å². The van der Waals surface area contributed by atoms with Crippen LogP contribution in [0.4, 0.5) is 5.82 Å². The summed E-state index contributed by atoms with van der Waals surface area (Å²) in [5.41, 5.74) is 0.967. The topological polar surface area (TPSA) is 58.0 Å². The zero-order chi connectivity index (χ0) is 12.5. The second kappa shape index (κ2) is 8.55. The van der Waals surface area contributed by atoms with Gasteiger partial charge in [0, 0.05) is 24.5 Å². The molecule has 1 heterocycles. The number of anilines is 1. The Morgan fingerprint density at radius 3 is 2.94 bits per heavy atom. The summed E-state index contributed by atoms with van der Waals surface area (Å²) in [6.07, 6.45) is 3.15. The molecule has 6 heteroatoms. The van der Waals surface area contributed by atoms with Crippen molar-refractivity contribution in [3.05, 3.63) is 17.0 Å². The van der Waals surface area contributed by atoms with Crippen LogP contribution in [-0.2, 0) is 6.42 Å². The first-order chi connectivity index (χ1) is 8.29. The van der Waals surface area contributed by atoms with Gasteiger partial charge in [-0.05, 0) is 18.6 Å². The van der Waals surface area contributed by atoms with E-state index in [0.29, 0.717) is 5.15 Å². The van der Waals surface area contributed by atoms with Gasteiger partial charge in [-0.3, -0.25) is 0 Å². The average molecular weight is 276 g/mol. The summed E-state index contributed by atoms with van der Waals surface area (Å²) in [4.78, 5) is 8.15. The molecule has 0 aliphatic heterocycles. The van der Waals surface area contributed by atoms with Gasteiger partial charge in [0.2, 0.25) is 0 Å². The Bertz CT molecular complexity index is 338. The summed E-state index contributed by atoms with van der Waals surface area (Å²) >= 11 is 7.80. The minimum absolute atomic E-state index is 0.266. The number of nitrogens with one attached hydrogen (secondary N) is 1. The molecule has 2 N–H and O–H groups in total. The first kappa shape index (κ1) is 14.5. The maximum Gasteiger partial charge on any atom is 0.137 e. The average Bonchev–Trinajstić information content (AvgIpc) is 2.34. The van der Waals surface area contributed by atoms with Gasteiger partial charge in [-0.2, -0.15) is 11.8 Å². The zero-order valence-electron chi connectivity index (χ0n) is 9.95. The Morgan fingerprint density at radius 2 is 2.24 bits per heavy atom. The van der Waals surface area contributed by atoms with E-state index in [0.717, 1.165) is 42.3 Å². The van der Waals surface area contributed by atoms with Crippen LogP contribution in [-0.4, -0.2) is 39.7 Å². The van der Waals surface area contributed by atoms with E-state index in [2.05, 4.69) is 15.3 Å². The molecule has 4 nitrogen and oxygen atoms in total. The van der Waals surface area contributed by atoms with Crippen molar-refractivity contribution in [3.63, 3.8) is 0 Å². The van der Waals surface area contributed by atoms with Crippen molar-refractivity contribution in [1.82, 2.24) is 9.97 Å². The van der Waals surface area contributed by atoms with Crippen molar-refractivity contribution < 1.29 is 5.11 Å². The number of aliphatic hydroxyl groups is 1. The van der Waals surface area contributed by atoms with E-state index in [1.54, 1.807) is 0 Å². The molecule has 0 saturated heterocycles. The smallest absolute Gasteiger partial charge is 0.137 e. The molecule has 0 aliphatic carbocycles. The fourth-order valence-electron chi connectivity index (χ4n) is 1.37. The second-order valence-corrected chi connectivity index (χ2v) is 5.04. The molecule has 0 aliphatic rings. The van der Waals surface area contributed by atoms with Crippen molar-refractivity contribution in [1.29, 1.82) is 0 Å². The lowest BCUT2D eigenvalue weighted by Crippen LogP contribution is -2.09. The van der Waals surface area contributed by atoms with Gasteiger partial charge < -0.3 is 10.4 Å². The highest BCUT2D eigenvalue weighted by Gasteiger charge is 2.06. The minimum Gasteiger partial charge on any atom is -0.396 e. The number of hydrogen-bond acceptors (Lipinski definition) is 5. The third kappa shape index (κ3) is 5.10. The van der Waals surface area contributed by atoms with E-state index in [1.807, 2.05) is 18.7 Å². The summed E-state index contributed by atoms with van der Waals surface area (Å²) in [6.45, 7) is 3.14. The maximum atomic E-state index is 8.64. The van der Waals surface area contributed by atoms with E-state index in [1.165, 1.54) is 6.33 Å². The van der Waals surface area contributed by atoms with Gasteiger partial charge in [0.05, 0.1) is 0 Å². The molecule has 17 heavy (non-hydrogen) atoms. The van der Waals surface area contributed by atoms with Gasteiger partial charge >= 0.3 is 0 Å². The molecule has 96 valence electrons. The summed E-state index contributed by atoms with van der Waals surface area (Å²) in [5.74, 6) is 2.81. The lowest BCUT2D eigenvalue weighted by molar-refractivity contribution is 0.296. The lowest BCUT2D eigenvalue weighted by atomic mass is 10.2. The number of rotatable bonds is 8. The number of nitrogens with zero attached hydrogens (tertiary/aromatic N) is 2. The van der Waals surface area contributed by atoms with E-state index < -0.39 is 0 Å². The summed E-state index contributed by atoms with van der Waals surface area (Å²) in [7, 11) is 0. The second-order valence-electron chi connectivity index (χ2n) is 3.46. The van der Waals surface area contributed by atoms with E-state index in [9.17, 15) is 0 Å². The van der Waals surface area contributed by atoms with Crippen molar-refractivity contribution >= 4 is 29.2 Å². The van der Waals surface area contributed by atoms with Gasteiger partial charge in [0.25, 0.3) is 0 Å². The van der Waals surface area contributed by atoms with Crippen LogP contribution in [0.25, 0.3) is 0 Å². The largest absolute Gasteiger partial charge is 0.396 e. The zero-order valence-corrected chi connectivity index (χ0v) is 11.5. The third-order valence-corrected chi connectivity index (χ3v) is 3.63. The van der Waals surface area contributed by atoms with E-state index in [-0.39, 0.29) is 6.61 Å². The van der Waals surface area contributed by atoms with Crippen LogP contribution >= 0.6 is 23.4 Å². The number of aliphatic hydroxyl groups excluding tert-OH is 1. The number of thioether (sulfide) groups is 1. The molecule has 0 fully saturated rings. The molecule has 0 radical (unpaired) electrons. The predicted molar refractivity (Wildman–Crippen MR) is 73.9 cm³/mol. The Labute approximate surface area is 111 Å². The normalized spacial score (nSPS) is 10.5. The molecule has 1 aromatic rings. The van der Waals surface area contributed by atoms with Crippen LogP contribution in [0, 0.1) is 0 Å². The molecule has 0 saturated carbocycles. The van der Waals surface area contributed by atoms with Crippen molar-refractivity contribution in [3.8, 4) is 0 Å². The first-order valence-corrected chi connectivity index (χ1v) is 7.24. The summed E-state index contributed by atoms with van der Waals surface area (Å²) < 4.78 is 0. The van der Waals surface area contributed by atoms with Gasteiger partial charge in [0.15, 0.2) is 0 Å². The Balaban J connectivity index is 2.33. The molecule has 0 bridgehead atoms. The highest BCUT2D eigenvalue weighted by Crippen LogP contribution is 2.19. The Hall–Kier alpha value is -0.520. The molecule has 0 aromatic carbocycles. The standard InChI is InChI=1S/C11H18ClN3OS/c1-2-9-10(12)14-8-15-11(9)13-4-7-17-6-3-5-16/h8,16H,2-7H2,1H3,(H,13,14,15). The molecule has 1 rings (SSSR count). The lowest BCUT2D eigenvalue weighted by Gasteiger charge is -2.10. The van der Waals surface area contributed by atoms with Gasteiger partial charge in [-0.15, -0.1) is 0 Å². The molecule has 0 atom stereocenters. The van der Waals surface area contributed by atoms with Crippen LogP contribution < -0.4 is 5.32 Å². The van der Waals surface area contributed by atoms with Gasteiger partial charge in [-0.25, -0.2) is 9.97 Å². The fraction of sp³-hybridized carbons (Fsp3) is 0.636. The highest BCUT2D eigenvalue weighted by atomic mass is 35.5. The van der Waals surface area contributed by atoms with Crippen LogP contribution in [0.5, 0.6) is 0 Å². The predicted octanol–water partition coefficient (Wildman–Crippen LogP) is 2.22. The molecule has 0 amide bonds. The van der Waals surface area contributed by atoms with Crippen LogP contribution in [0.15, 0.2) is 6.33 Å². The monoisotopic (exact) mass is 275 g/mol. The number of aromatic nitrogens is 2. The molecule has 0 unspecified atom stereocenters. The number of halogens is 1. The summed E-state index contributed by atoms with van der Waals surface area (Å²) in [6, 6.07) is 0. The molecular weight excluding hydrogens is 258 g/mol. The fourth-order valence-corrected chi connectivity index (χ4v) is 2.42. The highest BCUT2D eigenvalue weighted by molar-refractivity contribution is 7.99. The van der Waals surface area contributed by atoms with Crippen molar-refractivity contribution in [2.75, 3.05) is 30.0 Å². The quantitative estimate of drug-likeness (QED) is 0.563. The molecule has 1 aromatic heterocycles. The van der Waals surface area contributed by atoms with Crippen molar-refractivity contribution in [2.45, 2.75) is 19.8 Å². The van der Waals surface area contributed by atoms with E-state index >= 15 is 0 Å². The van der Waals surface area contributed by atoms with Crippen LogP contribution in [0.3, 0.4) is 0 Å². The Morgan fingerprint density at radius 1 is 1.41 bits per heavy atom. The maximum absolute atomic E-state index is 8.64. The SMILES string of the molecule is CCc1c(Cl)ncnc1NCCSCCCO. The van der Waals surface area contributed by atoms with Crippen LogP contribution in [0.1, 0.15) is 18.9 Å². The van der Waals surface area contributed by atoms with Gasteiger partial charge in [-0.1, -0.05) is 18.5 Å². The minimum atomic E-state index is 0.266. The first-order valence-electron chi connectivity index (χ1n) is 5.71. The third-order valence-electron chi connectivity index (χ3n) is 2.23. The van der Waals surface area contributed by atoms with E-state index in [4.69, 9.17) is 16.7 Å². The summed E-state index contributed by atoms with van der Waals surface area (Å²) in [5, 5.41) is 12.4. The molecular formula is C11H18ClN3OS. The number of hydrogen-bond donors (Lipinski definition) is 2. The van der Waals surface area contributed by atoms with Crippen LogP contribution in [0.2, 0.25) is 5.15 Å². The Kier molecular flexibility index (Phi) is 7.32.